The van der Waals surface area contributed by atoms with E-state index in [1.807, 2.05) is 19.1 Å². The summed E-state index contributed by atoms with van der Waals surface area (Å²) in [6.07, 6.45) is 3.55. The molecule has 0 unspecified atom stereocenters. The number of hydrogen-bond acceptors (Lipinski definition) is 1. The zero-order chi connectivity index (χ0) is 26.4. The van der Waals surface area contributed by atoms with Gasteiger partial charge in [0.15, 0.2) is 23.2 Å². The van der Waals surface area contributed by atoms with Crippen LogP contribution in [0, 0.1) is 30.2 Å². The van der Waals surface area contributed by atoms with Crippen molar-refractivity contribution in [2.75, 3.05) is 6.61 Å². The summed E-state index contributed by atoms with van der Waals surface area (Å²) in [6.45, 7) is 4.35. The summed E-state index contributed by atoms with van der Waals surface area (Å²) in [7, 11) is 0. The van der Waals surface area contributed by atoms with E-state index in [9.17, 15) is 17.6 Å². The molecule has 0 atom stereocenters. The molecule has 5 heteroatoms. The molecule has 0 N–H and O–H groups in total. The van der Waals surface area contributed by atoms with E-state index in [1.54, 1.807) is 54.6 Å². The highest BCUT2D eigenvalue weighted by Gasteiger charge is 2.17. The lowest BCUT2D eigenvalue weighted by Crippen LogP contribution is -2.03. The van der Waals surface area contributed by atoms with Crippen LogP contribution in [0.3, 0.4) is 0 Å². The first-order chi connectivity index (χ1) is 17.9. The van der Waals surface area contributed by atoms with E-state index in [0.717, 1.165) is 30.4 Å². The molecule has 0 bridgehead atoms. The van der Waals surface area contributed by atoms with Crippen molar-refractivity contribution in [3.05, 3.63) is 113 Å². The van der Waals surface area contributed by atoms with Gasteiger partial charge in [0.2, 0.25) is 5.82 Å². The predicted molar refractivity (Wildman–Crippen MR) is 141 cm³/mol. The monoisotopic (exact) mass is 506 g/mol. The van der Waals surface area contributed by atoms with Gasteiger partial charge >= 0.3 is 0 Å². The van der Waals surface area contributed by atoms with Crippen LogP contribution in [0.2, 0.25) is 0 Å². The highest BCUT2D eigenvalue weighted by atomic mass is 19.2. The molecule has 0 spiro atoms. The number of halogens is 4. The topological polar surface area (TPSA) is 9.23 Å². The first-order valence-electron chi connectivity index (χ1n) is 12.6. The second-order valence-corrected chi connectivity index (χ2v) is 9.26. The maximum atomic E-state index is 15.0. The zero-order valence-corrected chi connectivity index (χ0v) is 21.1. The normalized spacial score (nSPS) is 11.1. The summed E-state index contributed by atoms with van der Waals surface area (Å²) in [5, 5.41) is 0. The van der Waals surface area contributed by atoms with Crippen molar-refractivity contribution in [1.29, 1.82) is 0 Å². The lowest BCUT2D eigenvalue weighted by atomic mass is 9.96. The van der Waals surface area contributed by atoms with E-state index in [2.05, 4.69) is 6.92 Å². The third kappa shape index (κ3) is 6.22. The number of hydrogen-bond donors (Lipinski definition) is 0. The lowest BCUT2D eigenvalue weighted by molar-refractivity contribution is 0.285. The Bertz CT molecular complexity index is 1350. The van der Waals surface area contributed by atoms with Gasteiger partial charge in [-0.2, -0.15) is 4.39 Å². The van der Waals surface area contributed by atoms with Crippen molar-refractivity contribution >= 4 is 0 Å². The molecular formula is C32H30F4O. The molecule has 0 amide bonds. The second kappa shape index (κ2) is 12.1. The number of aryl methyl sites for hydroxylation is 3. The third-order valence-electron chi connectivity index (χ3n) is 6.53. The Balaban J connectivity index is 1.43. The lowest BCUT2D eigenvalue weighted by Gasteiger charge is -2.11. The highest BCUT2D eigenvalue weighted by Crippen LogP contribution is 2.32. The van der Waals surface area contributed by atoms with Gasteiger partial charge < -0.3 is 4.74 Å². The van der Waals surface area contributed by atoms with Gasteiger partial charge in [-0.05, 0) is 54.5 Å². The Morgan fingerprint density at radius 1 is 0.595 bits per heavy atom. The summed E-state index contributed by atoms with van der Waals surface area (Å²) < 4.78 is 64.1. The first-order valence-corrected chi connectivity index (χ1v) is 12.6. The van der Waals surface area contributed by atoms with E-state index >= 15 is 0 Å². The minimum Gasteiger partial charge on any atom is -0.490 e. The van der Waals surface area contributed by atoms with Gasteiger partial charge in [-0.25, -0.2) is 13.2 Å². The number of rotatable bonds is 10. The number of unbranched alkanes of at least 4 members (excludes halogenated alkanes) is 2. The fourth-order valence-corrected chi connectivity index (χ4v) is 4.27. The van der Waals surface area contributed by atoms with Gasteiger partial charge in [0.05, 0.1) is 6.61 Å². The molecule has 4 aromatic rings. The average molecular weight is 507 g/mol. The molecule has 0 aliphatic heterocycles. The van der Waals surface area contributed by atoms with Crippen LogP contribution in [0.4, 0.5) is 17.6 Å². The molecule has 0 aromatic heterocycles. The van der Waals surface area contributed by atoms with Gasteiger partial charge in [0.25, 0.3) is 0 Å². The minimum absolute atomic E-state index is 0.0654. The molecule has 192 valence electrons. The van der Waals surface area contributed by atoms with Gasteiger partial charge in [-0.3, -0.25) is 0 Å². The fourth-order valence-electron chi connectivity index (χ4n) is 4.27. The van der Waals surface area contributed by atoms with Gasteiger partial charge in [-0.1, -0.05) is 92.1 Å². The maximum absolute atomic E-state index is 15.0. The molecular weight excluding hydrogens is 476 g/mol. The summed E-state index contributed by atoms with van der Waals surface area (Å²) in [5.41, 5.74) is 3.72. The molecule has 0 aliphatic rings. The molecule has 1 nitrogen and oxygen atoms in total. The molecule has 4 rings (SSSR count). The van der Waals surface area contributed by atoms with Crippen molar-refractivity contribution in [3.63, 3.8) is 0 Å². The minimum atomic E-state index is -0.962. The van der Waals surface area contributed by atoms with Gasteiger partial charge in [-0.15, -0.1) is 0 Å². The fraction of sp³-hybridized carbons (Fsp3) is 0.250. The Labute approximate surface area is 215 Å². The summed E-state index contributed by atoms with van der Waals surface area (Å²) in [5.74, 6) is -3.71. The van der Waals surface area contributed by atoms with Gasteiger partial charge in [0.1, 0.15) is 0 Å². The third-order valence-corrected chi connectivity index (χ3v) is 6.53. The van der Waals surface area contributed by atoms with Crippen LogP contribution < -0.4 is 4.74 Å². The predicted octanol–water partition coefficient (Wildman–Crippen LogP) is 9.24. The van der Waals surface area contributed by atoms with Crippen LogP contribution in [0.25, 0.3) is 22.3 Å². The molecule has 0 aliphatic carbocycles. The van der Waals surface area contributed by atoms with E-state index < -0.39 is 23.3 Å². The van der Waals surface area contributed by atoms with Crippen LogP contribution in [0.1, 0.15) is 42.9 Å². The Kier molecular flexibility index (Phi) is 8.65. The molecule has 0 saturated carbocycles. The Morgan fingerprint density at radius 3 is 1.78 bits per heavy atom. The SMILES string of the molecule is CCCCCOc1ccc(CCc2ccc(-c3ccc(-c4ccc(C)cc4)c(F)c3F)cc2)c(F)c1F. The second-order valence-electron chi connectivity index (χ2n) is 9.26. The van der Waals surface area contributed by atoms with E-state index in [4.69, 9.17) is 4.74 Å². The Morgan fingerprint density at radius 2 is 1.19 bits per heavy atom. The quantitative estimate of drug-likeness (QED) is 0.154. The van der Waals surface area contributed by atoms with E-state index in [-0.39, 0.29) is 22.4 Å². The molecule has 0 heterocycles. The molecule has 0 saturated heterocycles. The van der Waals surface area contributed by atoms with Crippen molar-refractivity contribution in [2.24, 2.45) is 0 Å². The summed E-state index contributed by atoms with van der Waals surface area (Å²) >= 11 is 0. The molecule has 0 fully saturated rings. The molecule has 0 radical (unpaired) electrons. The van der Waals surface area contributed by atoms with Crippen LogP contribution in [-0.2, 0) is 12.8 Å². The Hall–Kier alpha value is -3.60. The van der Waals surface area contributed by atoms with Crippen LogP contribution >= 0.6 is 0 Å². The van der Waals surface area contributed by atoms with Crippen molar-refractivity contribution in [3.8, 4) is 28.0 Å². The average Bonchev–Trinajstić information content (AvgIpc) is 2.91. The van der Waals surface area contributed by atoms with Crippen LogP contribution in [-0.4, -0.2) is 6.61 Å². The van der Waals surface area contributed by atoms with E-state index in [1.165, 1.54) is 6.07 Å². The van der Waals surface area contributed by atoms with Crippen molar-refractivity contribution in [2.45, 2.75) is 46.0 Å². The standard InChI is InChI=1S/C32H30F4O/c1-3-4-5-20-37-28-19-16-25(29(33)32(28)36)15-10-22-8-13-24(14-9-22)27-18-17-26(30(34)31(27)35)23-11-6-21(2)7-12-23/h6-9,11-14,16-19H,3-5,10,15,20H2,1-2H3. The molecule has 37 heavy (non-hydrogen) atoms. The van der Waals surface area contributed by atoms with Crippen LogP contribution in [0.15, 0.2) is 72.8 Å². The molecule has 4 aromatic carbocycles. The van der Waals surface area contributed by atoms with E-state index in [0.29, 0.717) is 30.6 Å². The highest BCUT2D eigenvalue weighted by molar-refractivity contribution is 5.72. The van der Waals surface area contributed by atoms with Gasteiger partial charge in [0, 0.05) is 11.1 Å². The summed E-state index contributed by atoms with van der Waals surface area (Å²) in [6, 6.07) is 20.4. The number of benzene rings is 4. The largest absolute Gasteiger partial charge is 0.490 e. The van der Waals surface area contributed by atoms with Crippen LogP contribution in [0.5, 0.6) is 5.75 Å². The van der Waals surface area contributed by atoms with Crippen molar-refractivity contribution < 1.29 is 22.3 Å². The maximum Gasteiger partial charge on any atom is 0.200 e. The smallest absolute Gasteiger partial charge is 0.200 e. The summed E-state index contributed by atoms with van der Waals surface area (Å²) in [4.78, 5) is 0. The van der Waals surface area contributed by atoms with Crippen molar-refractivity contribution in [1.82, 2.24) is 0 Å². The zero-order valence-electron chi connectivity index (χ0n) is 21.1. The first kappa shape index (κ1) is 26.5. The number of ether oxygens (including phenoxy) is 1.